The number of hydrogen-bond acceptors (Lipinski definition) is 5. The lowest BCUT2D eigenvalue weighted by Crippen LogP contribution is -2.37. The zero-order valence-corrected chi connectivity index (χ0v) is 17.2. The molecule has 0 saturated carbocycles. The van der Waals surface area contributed by atoms with E-state index in [4.69, 9.17) is 9.47 Å². The Kier molecular flexibility index (Phi) is 6.92. The standard InChI is InChI=1S/C21H26N2O4S/c1-26-17-8-6-16(15-18(17)27-2)7-9-20(24)22-10-4-11-23(13-12-22)21(25)19-5-3-14-28-19/h3,5-6,8,14-15H,4,7,9-13H2,1-2H3. The molecule has 0 spiro atoms. The van der Waals surface area contributed by atoms with E-state index in [1.54, 1.807) is 14.2 Å². The molecule has 0 N–H and O–H groups in total. The highest BCUT2D eigenvalue weighted by atomic mass is 32.1. The fourth-order valence-electron chi connectivity index (χ4n) is 3.37. The minimum absolute atomic E-state index is 0.0645. The normalized spacial score (nSPS) is 14.5. The maximum atomic E-state index is 12.7. The third-order valence-corrected chi connectivity index (χ3v) is 5.80. The van der Waals surface area contributed by atoms with E-state index in [1.165, 1.54) is 11.3 Å². The number of aryl methyl sites for hydroxylation is 1. The lowest BCUT2D eigenvalue weighted by molar-refractivity contribution is -0.131. The number of thiophene rings is 1. The smallest absolute Gasteiger partial charge is 0.263 e. The number of carbonyl (C=O) groups excluding carboxylic acids is 2. The van der Waals surface area contributed by atoms with E-state index in [9.17, 15) is 9.59 Å². The van der Waals surface area contributed by atoms with Gasteiger partial charge in [-0.2, -0.15) is 0 Å². The summed E-state index contributed by atoms with van der Waals surface area (Å²) < 4.78 is 10.6. The third-order valence-electron chi connectivity index (χ3n) is 4.94. The van der Waals surface area contributed by atoms with Gasteiger partial charge < -0.3 is 19.3 Å². The Morgan fingerprint density at radius 3 is 2.46 bits per heavy atom. The van der Waals surface area contributed by atoms with E-state index in [1.807, 2.05) is 45.5 Å². The molecule has 0 unspecified atom stereocenters. The average Bonchev–Trinajstić information content (AvgIpc) is 3.15. The van der Waals surface area contributed by atoms with Gasteiger partial charge in [0.25, 0.3) is 5.91 Å². The molecule has 7 heteroatoms. The highest BCUT2D eigenvalue weighted by molar-refractivity contribution is 7.12. The molecule has 1 aromatic heterocycles. The molecule has 1 aromatic carbocycles. The fraction of sp³-hybridized carbons (Fsp3) is 0.429. The van der Waals surface area contributed by atoms with Gasteiger partial charge in [-0.05, 0) is 42.0 Å². The Labute approximate surface area is 169 Å². The van der Waals surface area contributed by atoms with Gasteiger partial charge in [0.2, 0.25) is 5.91 Å². The van der Waals surface area contributed by atoms with Crippen LogP contribution in [0.3, 0.4) is 0 Å². The van der Waals surface area contributed by atoms with Crippen molar-refractivity contribution in [1.82, 2.24) is 9.80 Å². The number of rotatable bonds is 6. The van der Waals surface area contributed by atoms with Crippen molar-refractivity contribution in [3.8, 4) is 11.5 Å². The number of carbonyl (C=O) groups is 2. The molecule has 6 nitrogen and oxygen atoms in total. The van der Waals surface area contributed by atoms with Crippen LogP contribution in [0.4, 0.5) is 0 Å². The summed E-state index contributed by atoms with van der Waals surface area (Å²) in [5.74, 6) is 1.54. The van der Waals surface area contributed by atoms with Crippen molar-refractivity contribution in [2.75, 3.05) is 40.4 Å². The molecule has 0 aliphatic carbocycles. The van der Waals surface area contributed by atoms with Gasteiger partial charge in [-0.15, -0.1) is 11.3 Å². The van der Waals surface area contributed by atoms with Crippen molar-refractivity contribution in [1.29, 1.82) is 0 Å². The minimum Gasteiger partial charge on any atom is -0.493 e. The quantitative estimate of drug-likeness (QED) is 0.745. The summed E-state index contributed by atoms with van der Waals surface area (Å²) in [6, 6.07) is 9.47. The molecule has 3 rings (SSSR count). The minimum atomic E-state index is 0.0645. The van der Waals surface area contributed by atoms with Gasteiger partial charge in [-0.25, -0.2) is 0 Å². The molecule has 1 saturated heterocycles. The van der Waals surface area contributed by atoms with Crippen LogP contribution in [0.25, 0.3) is 0 Å². The average molecular weight is 403 g/mol. The largest absolute Gasteiger partial charge is 0.493 e. The summed E-state index contributed by atoms with van der Waals surface area (Å²) in [5.41, 5.74) is 1.04. The zero-order chi connectivity index (χ0) is 19.9. The summed E-state index contributed by atoms with van der Waals surface area (Å²) in [4.78, 5) is 29.7. The van der Waals surface area contributed by atoms with Crippen LogP contribution in [0.15, 0.2) is 35.7 Å². The molecule has 1 aliphatic heterocycles. The molecule has 2 aromatic rings. The Morgan fingerprint density at radius 1 is 1.00 bits per heavy atom. The maximum absolute atomic E-state index is 12.7. The van der Waals surface area contributed by atoms with E-state index in [0.29, 0.717) is 50.5 Å². The van der Waals surface area contributed by atoms with Crippen molar-refractivity contribution in [2.45, 2.75) is 19.3 Å². The second kappa shape index (κ2) is 9.59. The highest BCUT2D eigenvalue weighted by Crippen LogP contribution is 2.28. The molecule has 0 radical (unpaired) electrons. The van der Waals surface area contributed by atoms with Gasteiger partial charge >= 0.3 is 0 Å². The SMILES string of the molecule is COc1ccc(CCC(=O)N2CCCN(C(=O)c3cccs3)CC2)cc1OC. The Bertz CT molecular complexity index is 807. The topological polar surface area (TPSA) is 59.1 Å². The summed E-state index contributed by atoms with van der Waals surface area (Å²) >= 11 is 1.46. The van der Waals surface area contributed by atoms with Crippen molar-refractivity contribution >= 4 is 23.2 Å². The third kappa shape index (κ3) is 4.84. The van der Waals surface area contributed by atoms with Crippen LogP contribution in [-0.4, -0.2) is 62.0 Å². The lowest BCUT2D eigenvalue weighted by Gasteiger charge is -2.22. The van der Waals surface area contributed by atoms with Crippen molar-refractivity contribution < 1.29 is 19.1 Å². The first kappa shape index (κ1) is 20.2. The van der Waals surface area contributed by atoms with Gasteiger partial charge in [0.15, 0.2) is 11.5 Å². The van der Waals surface area contributed by atoms with Crippen LogP contribution in [-0.2, 0) is 11.2 Å². The second-order valence-corrected chi connectivity index (χ2v) is 7.64. The van der Waals surface area contributed by atoms with Gasteiger partial charge in [0.05, 0.1) is 19.1 Å². The Hall–Kier alpha value is -2.54. The van der Waals surface area contributed by atoms with E-state index in [2.05, 4.69) is 0 Å². The molecular formula is C21H26N2O4S. The number of hydrogen-bond donors (Lipinski definition) is 0. The number of benzene rings is 1. The zero-order valence-electron chi connectivity index (χ0n) is 16.3. The molecule has 2 heterocycles. The molecule has 0 atom stereocenters. The maximum Gasteiger partial charge on any atom is 0.263 e. The van der Waals surface area contributed by atoms with E-state index < -0.39 is 0 Å². The number of amides is 2. The molecule has 0 bridgehead atoms. The number of methoxy groups -OCH3 is 2. The lowest BCUT2D eigenvalue weighted by atomic mass is 10.1. The first-order chi connectivity index (χ1) is 13.6. The molecule has 150 valence electrons. The molecule has 1 aliphatic rings. The Morgan fingerprint density at radius 2 is 1.75 bits per heavy atom. The van der Waals surface area contributed by atoms with Crippen LogP contribution in [0, 0.1) is 0 Å². The van der Waals surface area contributed by atoms with Gasteiger partial charge in [0, 0.05) is 32.6 Å². The fourth-order valence-corrected chi connectivity index (χ4v) is 4.06. The Balaban J connectivity index is 1.53. The van der Waals surface area contributed by atoms with Crippen LogP contribution < -0.4 is 9.47 Å². The monoisotopic (exact) mass is 402 g/mol. The van der Waals surface area contributed by atoms with E-state index in [-0.39, 0.29) is 11.8 Å². The van der Waals surface area contributed by atoms with Crippen molar-refractivity contribution in [3.63, 3.8) is 0 Å². The van der Waals surface area contributed by atoms with Crippen molar-refractivity contribution in [3.05, 3.63) is 46.2 Å². The van der Waals surface area contributed by atoms with Gasteiger partial charge in [0.1, 0.15) is 0 Å². The second-order valence-electron chi connectivity index (χ2n) is 6.69. The molecule has 2 amide bonds. The first-order valence-corrected chi connectivity index (χ1v) is 10.3. The molecule has 28 heavy (non-hydrogen) atoms. The van der Waals surface area contributed by atoms with Crippen LogP contribution >= 0.6 is 11.3 Å². The van der Waals surface area contributed by atoms with Crippen molar-refractivity contribution in [2.24, 2.45) is 0 Å². The van der Waals surface area contributed by atoms with Crippen LogP contribution in [0.5, 0.6) is 11.5 Å². The number of nitrogens with zero attached hydrogens (tertiary/aromatic N) is 2. The van der Waals surface area contributed by atoms with E-state index in [0.717, 1.165) is 16.9 Å². The predicted octanol–water partition coefficient (Wildman–Crippen LogP) is 3.07. The van der Waals surface area contributed by atoms with Gasteiger partial charge in [-0.1, -0.05) is 12.1 Å². The predicted molar refractivity (Wildman–Crippen MR) is 109 cm³/mol. The summed E-state index contributed by atoms with van der Waals surface area (Å²) in [6.45, 7) is 2.55. The van der Waals surface area contributed by atoms with Gasteiger partial charge in [-0.3, -0.25) is 9.59 Å². The number of ether oxygens (including phenoxy) is 2. The van der Waals surface area contributed by atoms with Crippen LogP contribution in [0.2, 0.25) is 0 Å². The molecule has 1 fully saturated rings. The highest BCUT2D eigenvalue weighted by Gasteiger charge is 2.23. The first-order valence-electron chi connectivity index (χ1n) is 9.44. The summed E-state index contributed by atoms with van der Waals surface area (Å²) in [7, 11) is 3.21. The van der Waals surface area contributed by atoms with Crippen LogP contribution in [0.1, 0.15) is 28.1 Å². The summed E-state index contributed by atoms with van der Waals surface area (Å²) in [6.07, 6.45) is 1.89. The van der Waals surface area contributed by atoms with E-state index >= 15 is 0 Å². The molecular weight excluding hydrogens is 376 g/mol. The summed E-state index contributed by atoms with van der Waals surface area (Å²) in [5, 5.41) is 1.91.